The average Bonchev–Trinajstić information content (AvgIpc) is 2.03. The summed E-state index contributed by atoms with van der Waals surface area (Å²) in [4.78, 5) is 12.9. The van der Waals surface area contributed by atoms with Crippen LogP contribution in [-0.2, 0) is 9.53 Å². The molecule has 0 saturated heterocycles. The van der Waals surface area contributed by atoms with Gasteiger partial charge < -0.3 is 4.74 Å². The molecule has 0 aromatic rings. The summed E-state index contributed by atoms with van der Waals surface area (Å²) >= 11 is 0. The van der Waals surface area contributed by atoms with Crippen molar-refractivity contribution in [2.24, 2.45) is 0 Å². The molecular weight excluding hydrogens is 154 g/mol. The van der Waals surface area contributed by atoms with Gasteiger partial charge >= 0.3 is 0 Å². The van der Waals surface area contributed by atoms with Gasteiger partial charge in [-0.25, -0.2) is 0 Å². The van der Waals surface area contributed by atoms with Gasteiger partial charge in [0.2, 0.25) is 0 Å². The van der Waals surface area contributed by atoms with E-state index in [-0.39, 0.29) is 11.8 Å². The molecule has 3 heteroatoms. The lowest BCUT2D eigenvalue weighted by atomic mass is 10.2. The minimum atomic E-state index is 0.00505. The van der Waals surface area contributed by atoms with Gasteiger partial charge in [-0.2, -0.15) is 0 Å². The van der Waals surface area contributed by atoms with Gasteiger partial charge in [-0.3, -0.25) is 9.69 Å². The number of ether oxygens (including phenoxy) is 1. The zero-order valence-corrected chi connectivity index (χ0v) is 8.46. The number of Topliss-reactive ketones (excluding diaryl/α,β-unsaturated/α-hetero) is 1. The van der Waals surface area contributed by atoms with E-state index in [4.69, 9.17) is 4.74 Å². The maximum atomic E-state index is 10.9. The number of likely N-dealkylation sites (N-methyl/N-ethyl adjacent to an activating group) is 1. The van der Waals surface area contributed by atoms with E-state index >= 15 is 0 Å². The number of hydrogen-bond donors (Lipinski definition) is 0. The Kier molecular flexibility index (Phi) is 5.93. The van der Waals surface area contributed by atoms with Gasteiger partial charge in [0.15, 0.2) is 0 Å². The van der Waals surface area contributed by atoms with E-state index in [1.807, 2.05) is 25.8 Å². The number of carbonyl (C=O) groups excluding carboxylic acids is 1. The van der Waals surface area contributed by atoms with Crippen LogP contribution in [0.5, 0.6) is 0 Å². The molecule has 0 spiro atoms. The standard InChI is InChI=1S/C9H19NO2/c1-5-12-7-6-10(4)8(2)9(3)11/h8H,5-7H2,1-4H3. The molecule has 3 nitrogen and oxygen atoms in total. The largest absolute Gasteiger partial charge is 0.380 e. The summed E-state index contributed by atoms with van der Waals surface area (Å²) in [6.45, 7) is 7.74. The van der Waals surface area contributed by atoms with Crippen molar-refractivity contribution in [2.45, 2.75) is 26.8 Å². The average molecular weight is 173 g/mol. The lowest BCUT2D eigenvalue weighted by Gasteiger charge is -2.21. The highest BCUT2D eigenvalue weighted by Gasteiger charge is 2.12. The Morgan fingerprint density at radius 1 is 1.58 bits per heavy atom. The van der Waals surface area contributed by atoms with Gasteiger partial charge in [0, 0.05) is 13.2 Å². The number of ketones is 1. The van der Waals surface area contributed by atoms with Crippen molar-refractivity contribution in [1.29, 1.82) is 0 Å². The molecule has 0 radical (unpaired) electrons. The highest BCUT2D eigenvalue weighted by Crippen LogP contribution is 1.95. The van der Waals surface area contributed by atoms with Crippen molar-refractivity contribution < 1.29 is 9.53 Å². The first kappa shape index (κ1) is 11.6. The van der Waals surface area contributed by atoms with Crippen LogP contribution in [0, 0.1) is 0 Å². The predicted octanol–water partition coefficient (Wildman–Crippen LogP) is 0.932. The van der Waals surface area contributed by atoms with Crippen molar-refractivity contribution in [3.63, 3.8) is 0 Å². The highest BCUT2D eigenvalue weighted by atomic mass is 16.5. The molecule has 0 aromatic carbocycles. The van der Waals surface area contributed by atoms with E-state index in [1.54, 1.807) is 6.92 Å². The second-order valence-electron chi connectivity index (χ2n) is 2.96. The van der Waals surface area contributed by atoms with Crippen molar-refractivity contribution in [3.8, 4) is 0 Å². The molecule has 0 bridgehead atoms. The van der Waals surface area contributed by atoms with E-state index in [1.165, 1.54) is 0 Å². The van der Waals surface area contributed by atoms with E-state index in [0.29, 0.717) is 6.61 Å². The third-order valence-electron chi connectivity index (χ3n) is 2.04. The van der Waals surface area contributed by atoms with Gasteiger partial charge in [0.25, 0.3) is 0 Å². The molecule has 0 fully saturated rings. The molecule has 0 amide bonds. The number of hydrogen-bond acceptors (Lipinski definition) is 3. The first-order valence-corrected chi connectivity index (χ1v) is 4.38. The van der Waals surface area contributed by atoms with Crippen molar-refractivity contribution in [2.75, 3.05) is 26.8 Å². The van der Waals surface area contributed by atoms with E-state index in [9.17, 15) is 4.79 Å². The monoisotopic (exact) mass is 173 g/mol. The van der Waals surface area contributed by atoms with E-state index in [2.05, 4.69) is 0 Å². The van der Waals surface area contributed by atoms with Crippen LogP contribution in [0.4, 0.5) is 0 Å². The fourth-order valence-electron chi connectivity index (χ4n) is 0.857. The van der Waals surface area contributed by atoms with Gasteiger partial charge in [0.1, 0.15) is 5.78 Å². The molecule has 0 aliphatic heterocycles. The number of rotatable bonds is 6. The quantitative estimate of drug-likeness (QED) is 0.560. The van der Waals surface area contributed by atoms with E-state index in [0.717, 1.165) is 13.2 Å². The molecule has 0 heterocycles. The Hall–Kier alpha value is -0.410. The maximum Gasteiger partial charge on any atom is 0.146 e. The first-order valence-electron chi connectivity index (χ1n) is 4.38. The second kappa shape index (κ2) is 6.14. The lowest BCUT2D eigenvalue weighted by Crippen LogP contribution is -2.36. The maximum absolute atomic E-state index is 10.9. The normalized spacial score (nSPS) is 13.4. The Labute approximate surface area is 74.7 Å². The molecule has 0 N–H and O–H groups in total. The summed E-state index contributed by atoms with van der Waals surface area (Å²) in [5, 5.41) is 0. The van der Waals surface area contributed by atoms with E-state index < -0.39 is 0 Å². The second-order valence-corrected chi connectivity index (χ2v) is 2.96. The van der Waals surface area contributed by atoms with Gasteiger partial charge in [-0.05, 0) is 27.8 Å². The molecule has 0 saturated carbocycles. The molecular formula is C9H19NO2. The summed E-state index contributed by atoms with van der Waals surface area (Å²) in [6.07, 6.45) is 0. The van der Waals surface area contributed by atoms with Crippen LogP contribution in [0.25, 0.3) is 0 Å². The zero-order chi connectivity index (χ0) is 9.56. The van der Waals surface area contributed by atoms with Crippen molar-refractivity contribution >= 4 is 5.78 Å². The minimum Gasteiger partial charge on any atom is -0.380 e. The molecule has 0 aliphatic carbocycles. The summed E-state index contributed by atoms with van der Waals surface area (Å²) in [5.74, 6) is 0.203. The molecule has 1 atom stereocenters. The van der Waals surface area contributed by atoms with Crippen LogP contribution in [0.2, 0.25) is 0 Å². The minimum absolute atomic E-state index is 0.00505. The topological polar surface area (TPSA) is 29.5 Å². The van der Waals surface area contributed by atoms with Gasteiger partial charge in [-0.1, -0.05) is 0 Å². The summed E-state index contributed by atoms with van der Waals surface area (Å²) in [5.41, 5.74) is 0. The van der Waals surface area contributed by atoms with Crippen molar-refractivity contribution in [1.82, 2.24) is 4.90 Å². The number of nitrogens with zero attached hydrogens (tertiary/aromatic N) is 1. The Balaban J connectivity index is 3.56. The Morgan fingerprint density at radius 3 is 2.58 bits per heavy atom. The third kappa shape index (κ3) is 4.46. The highest BCUT2D eigenvalue weighted by molar-refractivity contribution is 5.80. The van der Waals surface area contributed by atoms with Crippen LogP contribution in [0.15, 0.2) is 0 Å². The van der Waals surface area contributed by atoms with Crippen LogP contribution in [-0.4, -0.2) is 43.5 Å². The molecule has 0 aliphatic rings. The van der Waals surface area contributed by atoms with Crippen LogP contribution >= 0.6 is 0 Å². The van der Waals surface area contributed by atoms with Gasteiger partial charge in [0.05, 0.1) is 12.6 Å². The van der Waals surface area contributed by atoms with Crippen LogP contribution < -0.4 is 0 Å². The summed E-state index contributed by atoms with van der Waals surface area (Å²) < 4.78 is 5.18. The molecule has 1 unspecified atom stereocenters. The first-order chi connectivity index (χ1) is 5.59. The molecule has 72 valence electrons. The Morgan fingerprint density at radius 2 is 2.17 bits per heavy atom. The SMILES string of the molecule is CCOCCN(C)C(C)C(C)=O. The fraction of sp³-hybridized carbons (Fsp3) is 0.889. The van der Waals surface area contributed by atoms with Crippen molar-refractivity contribution in [3.05, 3.63) is 0 Å². The summed E-state index contributed by atoms with van der Waals surface area (Å²) in [7, 11) is 1.94. The van der Waals surface area contributed by atoms with Crippen LogP contribution in [0.1, 0.15) is 20.8 Å². The number of carbonyl (C=O) groups is 1. The smallest absolute Gasteiger partial charge is 0.146 e. The van der Waals surface area contributed by atoms with Crippen LogP contribution in [0.3, 0.4) is 0 Å². The molecule has 0 aromatic heterocycles. The predicted molar refractivity (Wildman–Crippen MR) is 49.3 cm³/mol. The molecule has 12 heavy (non-hydrogen) atoms. The summed E-state index contributed by atoms with van der Waals surface area (Å²) in [6, 6.07) is 0.00505. The van der Waals surface area contributed by atoms with Gasteiger partial charge in [-0.15, -0.1) is 0 Å². The Bertz CT molecular complexity index is 136. The molecule has 0 rings (SSSR count). The fourth-order valence-corrected chi connectivity index (χ4v) is 0.857. The lowest BCUT2D eigenvalue weighted by molar-refractivity contribution is -0.121. The third-order valence-corrected chi connectivity index (χ3v) is 2.04. The zero-order valence-electron chi connectivity index (χ0n) is 8.46.